The first kappa shape index (κ1) is 20.5. The molecule has 0 heterocycles. The van der Waals surface area contributed by atoms with Gasteiger partial charge in [-0.15, -0.1) is 0 Å². The SMILES string of the molecule is CC(CCCCCC(F)(F)F)C(C)(F)C(F)(F)S(=O)(=O)O. The zero-order valence-corrected chi connectivity index (χ0v) is 12.4. The third-order valence-corrected chi connectivity index (χ3v) is 4.46. The summed E-state index contributed by atoms with van der Waals surface area (Å²) in [5.74, 6) is -1.46. The predicted octanol–water partition coefficient (Wildman–Crippen LogP) is 4.34. The minimum atomic E-state index is -5.92. The molecule has 0 aromatic rings. The van der Waals surface area contributed by atoms with Gasteiger partial charge in [-0.25, -0.2) is 4.39 Å². The van der Waals surface area contributed by atoms with Crippen molar-refractivity contribution in [2.24, 2.45) is 5.92 Å². The molecule has 0 aliphatic rings. The lowest BCUT2D eigenvalue weighted by atomic mass is 9.88. The second kappa shape index (κ2) is 6.72. The highest BCUT2D eigenvalue weighted by Crippen LogP contribution is 2.43. The predicted molar refractivity (Wildman–Crippen MR) is 64.3 cm³/mol. The molecule has 0 aromatic heterocycles. The molecule has 128 valence electrons. The van der Waals surface area contributed by atoms with Gasteiger partial charge in [0.1, 0.15) is 0 Å². The van der Waals surface area contributed by atoms with Crippen LogP contribution in [-0.4, -0.2) is 30.1 Å². The molecule has 0 fully saturated rings. The lowest BCUT2D eigenvalue weighted by molar-refractivity contribution is -0.135. The van der Waals surface area contributed by atoms with Gasteiger partial charge in [-0.1, -0.05) is 19.8 Å². The van der Waals surface area contributed by atoms with Gasteiger partial charge in [0.2, 0.25) is 0 Å². The van der Waals surface area contributed by atoms with E-state index in [0.717, 1.165) is 6.92 Å². The molecule has 0 amide bonds. The van der Waals surface area contributed by atoms with Crippen LogP contribution in [-0.2, 0) is 10.1 Å². The first-order chi connectivity index (χ1) is 9.13. The van der Waals surface area contributed by atoms with Crippen LogP contribution in [0, 0.1) is 5.92 Å². The van der Waals surface area contributed by atoms with Gasteiger partial charge < -0.3 is 0 Å². The van der Waals surface area contributed by atoms with Crippen molar-refractivity contribution in [2.75, 3.05) is 0 Å². The van der Waals surface area contributed by atoms with E-state index in [1.807, 2.05) is 0 Å². The van der Waals surface area contributed by atoms with Crippen molar-refractivity contribution >= 4 is 10.1 Å². The normalized spacial score (nSPS) is 18.3. The van der Waals surface area contributed by atoms with E-state index in [9.17, 15) is 34.8 Å². The van der Waals surface area contributed by atoms with Crippen LogP contribution in [0.1, 0.15) is 46.0 Å². The summed E-state index contributed by atoms with van der Waals surface area (Å²) in [7, 11) is -5.92. The van der Waals surface area contributed by atoms with E-state index >= 15 is 0 Å². The fraction of sp³-hybridized carbons (Fsp3) is 1.00. The summed E-state index contributed by atoms with van der Waals surface area (Å²) in [6.45, 7) is 1.37. The van der Waals surface area contributed by atoms with Gasteiger partial charge in [0.15, 0.2) is 5.67 Å². The topological polar surface area (TPSA) is 54.4 Å². The molecule has 0 saturated heterocycles. The van der Waals surface area contributed by atoms with Crippen molar-refractivity contribution < 1.29 is 39.3 Å². The molecule has 0 aliphatic heterocycles. The van der Waals surface area contributed by atoms with Crippen molar-refractivity contribution in [2.45, 2.75) is 63.1 Å². The average molecular weight is 344 g/mol. The van der Waals surface area contributed by atoms with Crippen molar-refractivity contribution in [1.29, 1.82) is 0 Å². The zero-order chi connectivity index (χ0) is 17.1. The van der Waals surface area contributed by atoms with Crippen LogP contribution in [0.25, 0.3) is 0 Å². The Morgan fingerprint density at radius 3 is 1.86 bits per heavy atom. The van der Waals surface area contributed by atoms with E-state index in [1.165, 1.54) is 0 Å². The maximum absolute atomic E-state index is 14.0. The summed E-state index contributed by atoms with van der Waals surface area (Å²) in [6, 6.07) is 0. The number of halogens is 6. The summed E-state index contributed by atoms with van der Waals surface area (Å²) in [5.41, 5.74) is -3.52. The van der Waals surface area contributed by atoms with Crippen molar-refractivity contribution in [3.8, 4) is 0 Å². The van der Waals surface area contributed by atoms with Crippen LogP contribution in [0.5, 0.6) is 0 Å². The van der Waals surface area contributed by atoms with E-state index in [4.69, 9.17) is 4.55 Å². The molecule has 2 unspecified atom stereocenters. The number of alkyl halides is 6. The molecule has 0 rings (SSSR count). The van der Waals surface area contributed by atoms with Gasteiger partial charge in [0.05, 0.1) is 0 Å². The molecule has 1 N–H and O–H groups in total. The van der Waals surface area contributed by atoms with Crippen molar-refractivity contribution in [3.63, 3.8) is 0 Å². The second-order valence-electron chi connectivity index (χ2n) is 5.18. The third kappa shape index (κ3) is 5.65. The van der Waals surface area contributed by atoms with Gasteiger partial charge in [-0.3, -0.25) is 4.55 Å². The van der Waals surface area contributed by atoms with Gasteiger partial charge in [-0.2, -0.15) is 30.4 Å². The van der Waals surface area contributed by atoms with Crippen LogP contribution in [0.2, 0.25) is 0 Å². The number of unbranched alkanes of at least 4 members (excludes halogenated alkanes) is 2. The van der Waals surface area contributed by atoms with Crippen LogP contribution in [0.4, 0.5) is 26.3 Å². The first-order valence-corrected chi connectivity index (χ1v) is 7.67. The fourth-order valence-electron chi connectivity index (χ4n) is 1.76. The highest BCUT2D eigenvalue weighted by Gasteiger charge is 2.63. The van der Waals surface area contributed by atoms with Crippen molar-refractivity contribution in [3.05, 3.63) is 0 Å². The van der Waals surface area contributed by atoms with Gasteiger partial charge in [0.25, 0.3) is 0 Å². The minimum absolute atomic E-state index is 0.0400. The standard InChI is InChI=1S/C11H18F6O3S/c1-8(6-4-3-5-7-10(13,14)15)9(2,12)11(16,17)21(18,19)20/h8H,3-7H2,1-2H3,(H,18,19,20). The van der Waals surface area contributed by atoms with Gasteiger partial charge in [-0.05, 0) is 25.7 Å². The molecule has 0 aliphatic carbocycles. The summed E-state index contributed by atoms with van der Waals surface area (Å²) in [5, 5.41) is -4.98. The lowest BCUT2D eigenvalue weighted by Crippen LogP contribution is -2.51. The molecular weight excluding hydrogens is 326 g/mol. The Kier molecular flexibility index (Phi) is 6.56. The van der Waals surface area contributed by atoms with E-state index in [2.05, 4.69) is 0 Å². The Morgan fingerprint density at radius 1 is 1.00 bits per heavy atom. The Labute approximate surface area is 119 Å². The van der Waals surface area contributed by atoms with Crippen LogP contribution >= 0.6 is 0 Å². The highest BCUT2D eigenvalue weighted by atomic mass is 32.2. The Balaban J connectivity index is 4.49. The summed E-state index contributed by atoms with van der Waals surface area (Å²) in [4.78, 5) is 0. The molecule has 0 aromatic carbocycles. The van der Waals surface area contributed by atoms with Gasteiger partial charge >= 0.3 is 21.5 Å². The molecule has 0 spiro atoms. The maximum Gasteiger partial charge on any atom is 0.402 e. The molecule has 10 heteroatoms. The molecule has 2 atom stereocenters. The maximum atomic E-state index is 14.0. The van der Waals surface area contributed by atoms with Crippen LogP contribution < -0.4 is 0 Å². The first-order valence-electron chi connectivity index (χ1n) is 6.23. The molecule has 21 heavy (non-hydrogen) atoms. The molecular formula is C11H18F6O3S. The summed E-state index contributed by atoms with van der Waals surface area (Å²) in [6.07, 6.45) is -5.67. The highest BCUT2D eigenvalue weighted by molar-refractivity contribution is 7.87. The second-order valence-corrected chi connectivity index (χ2v) is 6.65. The molecule has 3 nitrogen and oxygen atoms in total. The Hall–Kier alpha value is -0.510. The zero-order valence-electron chi connectivity index (χ0n) is 11.6. The summed E-state index contributed by atoms with van der Waals surface area (Å²) < 4.78 is 106. The summed E-state index contributed by atoms with van der Waals surface area (Å²) >= 11 is 0. The monoisotopic (exact) mass is 344 g/mol. The Bertz CT molecular complexity index is 430. The third-order valence-electron chi connectivity index (χ3n) is 3.42. The molecule has 0 radical (unpaired) electrons. The molecule has 0 bridgehead atoms. The lowest BCUT2D eigenvalue weighted by Gasteiger charge is -2.32. The smallest absolute Gasteiger partial charge is 0.281 e. The van der Waals surface area contributed by atoms with E-state index < -0.39 is 39.6 Å². The quantitative estimate of drug-likeness (QED) is 0.405. The fourth-order valence-corrected chi connectivity index (χ4v) is 2.47. The van der Waals surface area contributed by atoms with E-state index in [0.29, 0.717) is 6.92 Å². The number of rotatable bonds is 8. The van der Waals surface area contributed by atoms with Crippen LogP contribution in [0.3, 0.4) is 0 Å². The average Bonchev–Trinajstić information content (AvgIpc) is 2.24. The number of hydrogen-bond donors (Lipinski definition) is 1. The van der Waals surface area contributed by atoms with Crippen molar-refractivity contribution in [1.82, 2.24) is 0 Å². The molecule has 0 saturated carbocycles. The van der Waals surface area contributed by atoms with E-state index in [1.54, 1.807) is 0 Å². The van der Waals surface area contributed by atoms with E-state index in [-0.39, 0.29) is 25.7 Å². The van der Waals surface area contributed by atoms with Gasteiger partial charge in [0, 0.05) is 6.42 Å². The Morgan fingerprint density at radius 2 is 1.48 bits per heavy atom. The largest absolute Gasteiger partial charge is 0.402 e. The van der Waals surface area contributed by atoms with Crippen LogP contribution in [0.15, 0.2) is 0 Å². The minimum Gasteiger partial charge on any atom is -0.281 e. The number of hydrogen-bond acceptors (Lipinski definition) is 2.